The van der Waals surface area contributed by atoms with Crippen molar-refractivity contribution < 1.29 is 13.2 Å². The highest BCUT2D eigenvalue weighted by Gasteiger charge is 2.36. The van der Waals surface area contributed by atoms with Crippen LogP contribution in [0.3, 0.4) is 0 Å². The first kappa shape index (κ1) is 19.1. The summed E-state index contributed by atoms with van der Waals surface area (Å²) in [6, 6.07) is 3.02. The van der Waals surface area contributed by atoms with Gasteiger partial charge in [0.2, 0.25) is 10.0 Å². The Kier molecular flexibility index (Phi) is 5.87. The van der Waals surface area contributed by atoms with Crippen molar-refractivity contribution in [2.45, 2.75) is 30.8 Å². The predicted molar refractivity (Wildman–Crippen MR) is 93.7 cm³/mol. The van der Waals surface area contributed by atoms with Crippen LogP contribution < -0.4 is 15.8 Å². The Morgan fingerprint density at radius 1 is 1.29 bits per heavy atom. The van der Waals surface area contributed by atoms with Crippen molar-refractivity contribution in [2.75, 3.05) is 26.2 Å². The Morgan fingerprint density at radius 2 is 1.96 bits per heavy atom. The van der Waals surface area contributed by atoms with Crippen LogP contribution in [0, 0.1) is 0 Å². The van der Waals surface area contributed by atoms with E-state index in [1.807, 2.05) is 6.92 Å². The zero-order valence-electron chi connectivity index (χ0n) is 13.5. The standard InChI is InChI=1S/C15H22N4O3S.ClH/c1-2-3-10-8-11(23(16,21)22)9-12-13(10)14(18-15(12)20)19-6-4-17-5-7-19;/h8-9,14,17H,2-7H2,1H3,(H,18,20)(H2,16,21,22);1H. The van der Waals surface area contributed by atoms with Gasteiger partial charge in [-0.25, -0.2) is 13.6 Å². The molecule has 1 aromatic carbocycles. The van der Waals surface area contributed by atoms with E-state index in [-0.39, 0.29) is 29.4 Å². The topological polar surface area (TPSA) is 105 Å². The monoisotopic (exact) mass is 374 g/mol. The number of carbonyl (C=O) groups is 1. The van der Waals surface area contributed by atoms with Crippen LogP contribution in [0.4, 0.5) is 0 Å². The van der Waals surface area contributed by atoms with Gasteiger partial charge in [0, 0.05) is 37.3 Å². The maximum atomic E-state index is 12.4. The number of hydrogen-bond acceptors (Lipinski definition) is 5. The summed E-state index contributed by atoms with van der Waals surface area (Å²) in [7, 11) is -3.83. The molecule has 0 spiro atoms. The molecule has 0 aliphatic carbocycles. The second-order valence-electron chi connectivity index (χ2n) is 6.00. The molecule has 3 rings (SSSR count). The third-order valence-electron chi connectivity index (χ3n) is 4.39. The van der Waals surface area contributed by atoms with E-state index in [2.05, 4.69) is 15.5 Å². The Morgan fingerprint density at radius 3 is 2.54 bits per heavy atom. The number of carbonyl (C=O) groups excluding carboxylic acids is 1. The van der Waals surface area contributed by atoms with Gasteiger partial charge in [-0.05, 0) is 24.1 Å². The van der Waals surface area contributed by atoms with Crippen molar-refractivity contribution in [3.63, 3.8) is 0 Å². The molecule has 2 aliphatic rings. The maximum absolute atomic E-state index is 12.4. The summed E-state index contributed by atoms with van der Waals surface area (Å²) in [5, 5.41) is 11.5. The SMILES string of the molecule is CCCc1cc(S(N)(=O)=O)cc2c1C(N1CCNCC1)NC2=O.Cl. The minimum absolute atomic E-state index is 0. The molecule has 1 aromatic rings. The lowest BCUT2D eigenvalue weighted by atomic mass is 9.97. The van der Waals surface area contributed by atoms with Crippen LogP contribution in [0.2, 0.25) is 0 Å². The fraction of sp³-hybridized carbons (Fsp3) is 0.533. The number of primary sulfonamides is 1. The maximum Gasteiger partial charge on any atom is 0.253 e. The Hall–Kier alpha value is -1.19. The van der Waals surface area contributed by atoms with Crippen molar-refractivity contribution in [1.29, 1.82) is 0 Å². The Labute approximate surface area is 148 Å². The van der Waals surface area contributed by atoms with E-state index in [0.717, 1.165) is 43.7 Å². The second-order valence-corrected chi connectivity index (χ2v) is 7.56. The summed E-state index contributed by atoms with van der Waals surface area (Å²) >= 11 is 0. The largest absolute Gasteiger partial charge is 0.332 e. The molecule has 24 heavy (non-hydrogen) atoms. The normalized spacial score (nSPS) is 21.1. The minimum Gasteiger partial charge on any atom is -0.332 e. The number of aryl methyl sites for hydroxylation is 1. The molecule has 0 saturated carbocycles. The van der Waals surface area contributed by atoms with E-state index in [9.17, 15) is 13.2 Å². The molecule has 1 atom stereocenters. The molecule has 1 saturated heterocycles. The highest BCUT2D eigenvalue weighted by atomic mass is 35.5. The van der Waals surface area contributed by atoms with E-state index in [1.54, 1.807) is 6.07 Å². The molecule has 134 valence electrons. The number of amides is 1. The number of hydrogen-bond donors (Lipinski definition) is 3. The number of sulfonamides is 1. The molecule has 0 radical (unpaired) electrons. The second kappa shape index (κ2) is 7.37. The van der Waals surface area contributed by atoms with E-state index in [4.69, 9.17) is 5.14 Å². The van der Waals surface area contributed by atoms with Gasteiger partial charge in [-0.3, -0.25) is 9.69 Å². The van der Waals surface area contributed by atoms with Gasteiger partial charge < -0.3 is 10.6 Å². The smallest absolute Gasteiger partial charge is 0.253 e. The minimum atomic E-state index is -3.83. The molecule has 9 heteroatoms. The average Bonchev–Trinajstić information content (AvgIpc) is 2.85. The number of piperazine rings is 1. The number of rotatable bonds is 4. The van der Waals surface area contributed by atoms with E-state index >= 15 is 0 Å². The van der Waals surface area contributed by atoms with Crippen molar-refractivity contribution >= 4 is 28.3 Å². The molecular formula is C15H23ClN4O3S. The van der Waals surface area contributed by atoms with Gasteiger partial charge in [-0.15, -0.1) is 12.4 Å². The molecule has 2 aliphatic heterocycles. The van der Waals surface area contributed by atoms with Gasteiger partial charge >= 0.3 is 0 Å². The molecule has 7 nitrogen and oxygen atoms in total. The Bertz CT molecular complexity index is 732. The first-order chi connectivity index (χ1) is 10.9. The van der Waals surface area contributed by atoms with Gasteiger partial charge in [-0.2, -0.15) is 0 Å². The number of nitrogens with one attached hydrogen (secondary N) is 2. The highest BCUT2D eigenvalue weighted by molar-refractivity contribution is 7.89. The first-order valence-corrected chi connectivity index (χ1v) is 9.41. The first-order valence-electron chi connectivity index (χ1n) is 7.87. The third-order valence-corrected chi connectivity index (χ3v) is 5.28. The predicted octanol–water partition coefficient (Wildman–Crippen LogP) is 0.356. The zero-order valence-corrected chi connectivity index (χ0v) is 15.2. The summed E-state index contributed by atoms with van der Waals surface area (Å²) in [6.07, 6.45) is 1.39. The average molecular weight is 375 g/mol. The summed E-state index contributed by atoms with van der Waals surface area (Å²) in [4.78, 5) is 14.6. The number of halogens is 1. The van der Waals surface area contributed by atoms with E-state index in [1.165, 1.54) is 6.07 Å². The van der Waals surface area contributed by atoms with Crippen molar-refractivity contribution in [3.8, 4) is 0 Å². The molecule has 0 aromatic heterocycles. The quantitative estimate of drug-likeness (QED) is 0.705. The third kappa shape index (κ3) is 3.57. The molecule has 4 N–H and O–H groups in total. The van der Waals surface area contributed by atoms with Crippen LogP contribution in [-0.2, 0) is 16.4 Å². The van der Waals surface area contributed by atoms with Crippen LogP contribution in [0.15, 0.2) is 17.0 Å². The molecule has 1 unspecified atom stereocenters. The van der Waals surface area contributed by atoms with Crippen LogP contribution >= 0.6 is 12.4 Å². The molecule has 2 heterocycles. The van der Waals surface area contributed by atoms with Crippen molar-refractivity contribution in [1.82, 2.24) is 15.5 Å². The van der Waals surface area contributed by atoms with Gasteiger partial charge in [-0.1, -0.05) is 13.3 Å². The van der Waals surface area contributed by atoms with Crippen LogP contribution in [-0.4, -0.2) is 45.4 Å². The molecule has 1 fully saturated rings. The number of fused-ring (bicyclic) bond motifs is 1. The van der Waals surface area contributed by atoms with Crippen molar-refractivity contribution in [3.05, 3.63) is 28.8 Å². The van der Waals surface area contributed by atoms with Crippen LogP contribution in [0.25, 0.3) is 0 Å². The summed E-state index contributed by atoms with van der Waals surface area (Å²) in [5.41, 5.74) is 2.23. The van der Waals surface area contributed by atoms with Crippen LogP contribution in [0.5, 0.6) is 0 Å². The summed E-state index contributed by atoms with van der Waals surface area (Å²) < 4.78 is 23.4. The highest BCUT2D eigenvalue weighted by Crippen LogP contribution is 2.34. The van der Waals surface area contributed by atoms with E-state index < -0.39 is 10.0 Å². The van der Waals surface area contributed by atoms with E-state index in [0.29, 0.717) is 12.0 Å². The Balaban J connectivity index is 0.00000208. The summed E-state index contributed by atoms with van der Waals surface area (Å²) in [6.45, 7) is 5.46. The number of nitrogens with two attached hydrogens (primary N) is 1. The van der Waals surface area contributed by atoms with Crippen LogP contribution in [0.1, 0.15) is 41.0 Å². The lowest BCUT2D eigenvalue weighted by Gasteiger charge is -2.33. The molecule has 0 bridgehead atoms. The van der Waals surface area contributed by atoms with Gasteiger partial charge in [0.1, 0.15) is 6.17 Å². The number of nitrogens with zero attached hydrogens (tertiary/aromatic N) is 1. The number of benzene rings is 1. The molecular weight excluding hydrogens is 352 g/mol. The van der Waals surface area contributed by atoms with Gasteiger partial charge in [0.05, 0.1) is 4.90 Å². The lowest BCUT2D eigenvalue weighted by Crippen LogP contribution is -2.48. The molecule has 1 amide bonds. The van der Waals surface area contributed by atoms with Crippen molar-refractivity contribution in [2.24, 2.45) is 5.14 Å². The summed E-state index contributed by atoms with van der Waals surface area (Å²) in [5.74, 6) is -0.230. The fourth-order valence-corrected chi connectivity index (χ4v) is 3.91. The zero-order chi connectivity index (χ0) is 16.6. The lowest BCUT2D eigenvalue weighted by molar-refractivity contribution is 0.0879. The van der Waals surface area contributed by atoms with Gasteiger partial charge in [0.25, 0.3) is 5.91 Å². The van der Waals surface area contributed by atoms with Gasteiger partial charge in [0.15, 0.2) is 0 Å². The fourth-order valence-electron chi connectivity index (χ4n) is 3.32.